The lowest BCUT2D eigenvalue weighted by Gasteiger charge is -2.14. The molecule has 1 aliphatic rings. The Morgan fingerprint density at radius 3 is 2.95 bits per heavy atom. The van der Waals surface area contributed by atoms with Crippen LogP contribution >= 0.6 is 0 Å². The van der Waals surface area contributed by atoms with E-state index in [1.54, 1.807) is 6.07 Å². The SMILES string of the molecule is Cc1cc2c(c3ccc(=O)[nH]c13)OC(CN)C2CO. The van der Waals surface area contributed by atoms with E-state index in [-0.39, 0.29) is 24.2 Å². The van der Waals surface area contributed by atoms with Crippen molar-refractivity contribution in [2.24, 2.45) is 5.73 Å². The van der Waals surface area contributed by atoms with Crippen molar-refractivity contribution in [3.8, 4) is 5.75 Å². The molecule has 100 valence electrons. The maximum atomic E-state index is 11.4. The van der Waals surface area contributed by atoms with E-state index in [1.807, 2.05) is 13.0 Å². The van der Waals surface area contributed by atoms with Crippen molar-refractivity contribution < 1.29 is 9.84 Å². The molecule has 0 bridgehead atoms. The summed E-state index contributed by atoms with van der Waals surface area (Å²) < 4.78 is 5.86. The third-order valence-electron chi connectivity index (χ3n) is 3.74. The van der Waals surface area contributed by atoms with Crippen LogP contribution in [-0.2, 0) is 0 Å². The first-order valence-corrected chi connectivity index (χ1v) is 6.29. The van der Waals surface area contributed by atoms with Crippen LogP contribution in [0.1, 0.15) is 17.0 Å². The van der Waals surface area contributed by atoms with Crippen molar-refractivity contribution in [2.75, 3.05) is 13.2 Å². The average molecular weight is 260 g/mol. The summed E-state index contributed by atoms with van der Waals surface area (Å²) in [6.45, 7) is 2.29. The van der Waals surface area contributed by atoms with Crippen LogP contribution in [0.5, 0.6) is 5.75 Å². The van der Waals surface area contributed by atoms with E-state index in [4.69, 9.17) is 10.5 Å². The van der Waals surface area contributed by atoms with Crippen molar-refractivity contribution >= 4 is 10.9 Å². The molecule has 0 fully saturated rings. The first-order valence-electron chi connectivity index (χ1n) is 6.29. The number of benzene rings is 1. The Morgan fingerprint density at radius 1 is 1.47 bits per heavy atom. The molecule has 5 nitrogen and oxygen atoms in total. The molecule has 1 aromatic heterocycles. The second-order valence-corrected chi connectivity index (χ2v) is 4.90. The van der Waals surface area contributed by atoms with Gasteiger partial charge < -0.3 is 20.6 Å². The Balaban J connectivity index is 2.30. The molecule has 1 aromatic carbocycles. The zero-order valence-corrected chi connectivity index (χ0v) is 10.6. The average Bonchev–Trinajstić information content (AvgIpc) is 2.76. The van der Waals surface area contributed by atoms with Crippen LogP contribution in [0.4, 0.5) is 0 Å². The van der Waals surface area contributed by atoms with Gasteiger partial charge in [0.15, 0.2) is 0 Å². The standard InChI is InChI=1S/C14H16N2O3/c1-7-4-9-10(6-17)11(5-15)19-14(9)8-2-3-12(18)16-13(7)8/h2-4,10-11,17H,5-6,15H2,1H3,(H,16,18). The van der Waals surface area contributed by atoms with Crippen molar-refractivity contribution in [3.63, 3.8) is 0 Å². The molecule has 19 heavy (non-hydrogen) atoms. The quantitative estimate of drug-likeness (QED) is 0.739. The normalized spacial score (nSPS) is 21.4. The van der Waals surface area contributed by atoms with E-state index in [2.05, 4.69) is 4.98 Å². The fourth-order valence-electron chi connectivity index (χ4n) is 2.77. The van der Waals surface area contributed by atoms with Crippen LogP contribution in [0.25, 0.3) is 10.9 Å². The molecule has 4 N–H and O–H groups in total. The molecule has 0 saturated carbocycles. The van der Waals surface area contributed by atoms with Gasteiger partial charge in [0.2, 0.25) is 5.56 Å². The summed E-state index contributed by atoms with van der Waals surface area (Å²) in [5.41, 5.74) is 8.27. The van der Waals surface area contributed by atoms with Crippen LogP contribution in [0.3, 0.4) is 0 Å². The lowest BCUT2D eigenvalue weighted by Crippen LogP contribution is -2.30. The Labute approximate surface area is 110 Å². The van der Waals surface area contributed by atoms with Crippen molar-refractivity contribution in [1.29, 1.82) is 0 Å². The van der Waals surface area contributed by atoms with Crippen LogP contribution in [0, 0.1) is 6.92 Å². The lowest BCUT2D eigenvalue weighted by molar-refractivity contribution is 0.165. The Bertz CT molecular complexity index is 693. The Morgan fingerprint density at radius 2 is 2.26 bits per heavy atom. The number of aromatic amines is 1. The van der Waals surface area contributed by atoms with Gasteiger partial charge in [0, 0.05) is 29.5 Å². The molecular formula is C14H16N2O3. The third-order valence-corrected chi connectivity index (χ3v) is 3.74. The molecule has 1 aliphatic heterocycles. The minimum absolute atomic E-state index is 0.00314. The second-order valence-electron chi connectivity index (χ2n) is 4.90. The molecule has 0 saturated heterocycles. The zero-order valence-electron chi connectivity index (χ0n) is 10.6. The molecule has 3 rings (SSSR count). The van der Waals surface area contributed by atoms with Gasteiger partial charge in [-0.15, -0.1) is 0 Å². The maximum absolute atomic E-state index is 11.4. The monoisotopic (exact) mass is 260 g/mol. The number of ether oxygens (including phenoxy) is 1. The van der Waals surface area contributed by atoms with Crippen LogP contribution in [0.15, 0.2) is 23.0 Å². The van der Waals surface area contributed by atoms with Crippen molar-refractivity contribution in [2.45, 2.75) is 18.9 Å². The fraction of sp³-hybridized carbons (Fsp3) is 0.357. The van der Waals surface area contributed by atoms with E-state index in [1.165, 1.54) is 6.07 Å². The van der Waals surface area contributed by atoms with Gasteiger partial charge in [-0.1, -0.05) is 0 Å². The van der Waals surface area contributed by atoms with Crippen molar-refractivity contribution in [3.05, 3.63) is 39.7 Å². The minimum Gasteiger partial charge on any atom is -0.487 e. The number of aliphatic hydroxyl groups excluding tert-OH is 1. The molecule has 0 aliphatic carbocycles. The highest BCUT2D eigenvalue weighted by atomic mass is 16.5. The van der Waals surface area contributed by atoms with E-state index in [0.29, 0.717) is 6.54 Å². The van der Waals surface area contributed by atoms with Gasteiger partial charge in [0.1, 0.15) is 11.9 Å². The van der Waals surface area contributed by atoms with E-state index in [9.17, 15) is 9.90 Å². The zero-order chi connectivity index (χ0) is 13.6. The number of aliphatic hydroxyl groups is 1. The summed E-state index contributed by atoms with van der Waals surface area (Å²) in [6.07, 6.45) is -0.211. The third kappa shape index (κ3) is 1.74. The van der Waals surface area contributed by atoms with E-state index >= 15 is 0 Å². The summed E-state index contributed by atoms with van der Waals surface area (Å²) in [5, 5.41) is 10.4. The van der Waals surface area contributed by atoms with Gasteiger partial charge in [-0.05, 0) is 24.6 Å². The van der Waals surface area contributed by atoms with Gasteiger partial charge in [0.05, 0.1) is 12.1 Å². The largest absolute Gasteiger partial charge is 0.487 e. The molecule has 5 heteroatoms. The van der Waals surface area contributed by atoms with Crippen LogP contribution in [0.2, 0.25) is 0 Å². The second kappa shape index (κ2) is 4.36. The first-order chi connectivity index (χ1) is 9.15. The molecule has 2 heterocycles. The van der Waals surface area contributed by atoms with Gasteiger partial charge in [-0.2, -0.15) is 0 Å². The van der Waals surface area contributed by atoms with Gasteiger partial charge in [-0.3, -0.25) is 4.79 Å². The Hall–Kier alpha value is -1.85. The fourth-order valence-corrected chi connectivity index (χ4v) is 2.77. The molecule has 0 radical (unpaired) electrons. The number of nitrogens with one attached hydrogen (secondary N) is 1. The number of hydrogen-bond donors (Lipinski definition) is 3. The number of aryl methyl sites for hydroxylation is 1. The first kappa shape index (κ1) is 12.2. The van der Waals surface area contributed by atoms with Gasteiger partial charge in [-0.25, -0.2) is 0 Å². The highest BCUT2D eigenvalue weighted by Gasteiger charge is 2.34. The number of pyridine rings is 1. The smallest absolute Gasteiger partial charge is 0.248 e. The summed E-state index contributed by atoms with van der Waals surface area (Å²) in [4.78, 5) is 14.2. The number of rotatable bonds is 2. The Kier molecular flexibility index (Phi) is 2.80. The molecule has 2 atom stereocenters. The minimum atomic E-state index is -0.211. The molecule has 0 spiro atoms. The van der Waals surface area contributed by atoms with Crippen LogP contribution < -0.4 is 16.0 Å². The summed E-state index contributed by atoms with van der Waals surface area (Å²) >= 11 is 0. The lowest BCUT2D eigenvalue weighted by atomic mass is 9.93. The summed E-state index contributed by atoms with van der Waals surface area (Å²) in [7, 11) is 0. The predicted molar refractivity (Wildman–Crippen MR) is 72.6 cm³/mol. The van der Waals surface area contributed by atoms with Gasteiger partial charge >= 0.3 is 0 Å². The molecular weight excluding hydrogens is 244 g/mol. The number of H-pyrrole nitrogens is 1. The highest BCUT2D eigenvalue weighted by Crippen LogP contribution is 2.43. The molecule has 2 unspecified atom stereocenters. The highest BCUT2D eigenvalue weighted by molar-refractivity contribution is 5.89. The van der Waals surface area contributed by atoms with Crippen molar-refractivity contribution in [1.82, 2.24) is 4.98 Å². The number of fused-ring (bicyclic) bond motifs is 3. The molecule has 0 amide bonds. The summed E-state index contributed by atoms with van der Waals surface area (Å²) in [5.74, 6) is 0.626. The van der Waals surface area contributed by atoms with Gasteiger partial charge in [0.25, 0.3) is 0 Å². The number of hydrogen-bond acceptors (Lipinski definition) is 4. The topological polar surface area (TPSA) is 88.3 Å². The maximum Gasteiger partial charge on any atom is 0.248 e. The predicted octanol–water partition coefficient (Wildman–Crippen LogP) is 0.632. The molecule has 2 aromatic rings. The number of aromatic nitrogens is 1. The van der Waals surface area contributed by atoms with E-state index < -0.39 is 0 Å². The number of nitrogens with two attached hydrogens (primary N) is 1. The van der Waals surface area contributed by atoms with Crippen LogP contribution in [-0.4, -0.2) is 29.3 Å². The van der Waals surface area contributed by atoms with E-state index in [0.717, 1.165) is 27.8 Å². The summed E-state index contributed by atoms with van der Waals surface area (Å²) in [6, 6.07) is 5.20.